The Labute approximate surface area is 162 Å². The number of fused-ring (bicyclic) bond motifs is 1. The summed E-state index contributed by atoms with van der Waals surface area (Å²) in [7, 11) is 4.20. The lowest BCUT2D eigenvalue weighted by Gasteiger charge is -2.25. The molecule has 2 nitrogen and oxygen atoms in total. The van der Waals surface area contributed by atoms with E-state index in [0.29, 0.717) is 12.6 Å². The smallest absolute Gasteiger partial charge is 0.127 e. The van der Waals surface area contributed by atoms with Crippen LogP contribution >= 0.6 is 27.5 Å². The Morgan fingerprint density at radius 3 is 2.48 bits per heavy atom. The van der Waals surface area contributed by atoms with Crippen LogP contribution in [0, 0.1) is 0 Å². The van der Waals surface area contributed by atoms with Gasteiger partial charge in [0.1, 0.15) is 5.75 Å². The molecule has 3 aromatic carbocycles. The first kappa shape index (κ1) is 18.2. The zero-order valence-corrected chi connectivity index (χ0v) is 16.7. The van der Waals surface area contributed by atoms with Gasteiger partial charge in [-0.15, -0.1) is 0 Å². The molecule has 25 heavy (non-hydrogen) atoms. The minimum atomic E-state index is 0.302. The average Bonchev–Trinajstić information content (AvgIpc) is 2.60. The van der Waals surface area contributed by atoms with Gasteiger partial charge < -0.3 is 9.64 Å². The van der Waals surface area contributed by atoms with Crippen molar-refractivity contribution in [3.63, 3.8) is 0 Å². The van der Waals surface area contributed by atoms with Gasteiger partial charge in [0.05, 0.1) is 6.61 Å². The number of benzene rings is 3. The topological polar surface area (TPSA) is 12.5 Å². The highest BCUT2D eigenvalue weighted by Gasteiger charge is 2.15. The van der Waals surface area contributed by atoms with Gasteiger partial charge in [-0.1, -0.05) is 63.9 Å². The largest absolute Gasteiger partial charge is 0.493 e. The highest BCUT2D eigenvalue weighted by Crippen LogP contribution is 2.32. The normalized spacial score (nSPS) is 12.5. The summed E-state index contributed by atoms with van der Waals surface area (Å²) in [6, 6.07) is 20.7. The van der Waals surface area contributed by atoms with Crippen molar-refractivity contribution in [2.24, 2.45) is 0 Å². The van der Waals surface area contributed by atoms with E-state index >= 15 is 0 Å². The van der Waals surface area contributed by atoms with Crippen LogP contribution in [0.3, 0.4) is 0 Å². The molecule has 0 amide bonds. The first-order chi connectivity index (χ1) is 12.1. The summed E-state index contributed by atoms with van der Waals surface area (Å²) in [6.45, 7) is 0.640. The maximum atomic E-state index is 6.28. The van der Waals surface area contributed by atoms with Gasteiger partial charge in [0.25, 0.3) is 0 Å². The highest BCUT2D eigenvalue weighted by molar-refractivity contribution is 9.10. The number of hydrogen-bond acceptors (Lipinski definition) is 2. The fraction of sp³-hybridized carbons (Fsp3) is 0.238. The third kappa shape index (κ3) is 4.35. The summed E-state index contributed by atoms with van der Waals surface area (Å²) in [6.07, 6.45) is 0.903. The molecule has 0 aliphatic heterocycles. The Kier molecular flexibility index (Phi) is 6.00. The van der Waals surface area contributed by atoms with Gasteiger partial charge in [0.2, 0.25) is 0 Å². The average molecular weight is 419 g/mol. The number of halogens is 2. The maximum absolute atomic E-state index is 6.28. The van der Waals surface area contributed by atoms with Crippen LogP contribution in [-0.2, 0) is 0 Å². The first-order valence-electron chi connectivity index (χ1n) is 8.28. The predicted molar refractivity (Wildman–Crippen MR) is 110 cm³/mol. The van der Waals surface area contributed by atoms with Crippen LogP contribution < -0.4 is 4.74 Å². The SMILES string of the molecule is CN(C)C(CCOc1ccc(Cl)c2ccccc12)c1cccc(Br)c1. The minimum absolute atomic E-state index is 0.302. The Morgan fingerprint density at radius 1 is 1.00 bits per heavy atom. The molecule has 0 aliphatic rings. The van der Waals surface area contributed by atoms with E-state index in [1.54, 1.807) is 0 Å². The van der Waals surface area contributed by atoms with E-state index < -0.39 is 0 Å². The summed E-state index contributed by atoms with van der Waals surface area (Å²) in [5.41, 5.74) is 1.28. The third-order valence-corrected chi connectivity index (χ3v) is 5.16. The molecule has 130 valence electrons. The molecule has 0 radical (unpaired) electrons. The molecule has 4 heteroatoms. The van der Waals surface area contributed by atoms with Gasteiger partial charge in [0.15, 0.2) is 0 Å². The molecule has 0 heterocycles. The standard InChI is InChI=1S/C21H21BrClNO/c1-24(2)20(15-6-5-7-16(22)14-15)12-13-25-21-11-10-19(23)17-8-3-4-9-18(17)21/h3-11,14,20H,12-13H2,1-2H3. The quantitative estimate of drug-likeness (QED) is 0.464. The molecule has 3 rings (SSSR count). The summed E-state index contributed by atoms with van der Waals surface area (Å²) in [5.74, 6) is 0.881. The van der Waals surface area contributed by atoms with Crippen LogP contribution in [0.5, 0.6) is 5.75 Å². The second kappa shape index (κ2) is 8.22. The lowest BCUT2D eigenvalue weighted by atomic mass is 10.0. The van der Waals surface area contributed by atoms with Crippen LogP contribution in [0.2, 0.25) is 5.02 Å². The van der Waals surface area contributed by atoms with Gasteiger partial charge in [0, 0.05) is 32.7 Å². The lowest BCUT2D eigenvalue weighted by molar-refractivity contribution is 0.225. The Balaban J connectivity index is 1.74. The van der Waals surface area contributed by atoms with E-state index in [1.807, 2.05) is 42.5 Å². The van der Waals surface area contributed by atoms with Gasteiger partial charge >= 0.3 is 0 Å². The Bertz CT molecular complexity index is 865. The molecule has 0 aromatic heterocycles. The van der Waals surface area contributed by atoms with Crippen LogP contribution in [-0.4, -0.2) is 25.6 Å². The Hall–Kier alpha value is -1.55. The van der Waals surface area contributed by atoms with Crippen molar-refractivity contribution in [1.82, 2.24) is 4.90 Å². The summed E-state index contributed by atoms with van der Waals surface area (Å²) >= 11 is 9.84. The molecule has 0 bridgehead atoms. The molecule has 3 aromatic rings. The number of hydrogen-bond donors (Lipinski definition) is 0. The van der Waals surface area contributed by atoms with Crippen LogP contribution in [0.1, 0.15) is 18.0 Å². The number of nitrogens with zero attached hydrogens (tertiary/aromatic N) is 1. The zero-order chi connectivity index (χ0) is 17.8. The molecule has 0 saturated carbocycles. The number of ether oxygens (including phenoxy) is 1. The Morgan fingerprint density at radius 2 is 1.76 bits per heavy atom. The molecule has 0 fully saturated rings. The molecule has 0 N–H and O–H groups in total. The maximum Gasteiger partial charge on any atom is 0.127 e. The van der Waals surface area contributed by atoms with Crippen LogP contribution in [0.15, 0.2) is 65.1 Å². The predicted octanol–water partition coefficient (Wildman–Crippen LogP) is 6.33. The summed E-state index contributed by atoms with van der Waals surface area (Å²) in [4.78, 5) is 2.23. The van der Waals surface area contributed by atoms with Crippen LogP contribution in [0.4, 0.5) is 0 Å². The van der Waals surface area contributed by atoms with Gasteiger partial charge in [-0.3, -0.25) is 0 Å². The summed E-state index contributed by atoms with van der Waals surface area (Å²) < 4.78 is 7.21. The van der Waals surface area contributed by atoms with Crippen molar-refractivity contribution in [1.29, 1.82) is 0 Å². The number of rotatable bonds is 6. The van der Waals surface area contributed by atoms with E-state index in [4.69, 9.17) is 16.3 Å². The molecule has 1 atom stereocenters. The van der Waals surface area contributed by atoms with Gasteiger partial charge in [-0.05, 0) is 43.9 Å². The fourth-order valence-electron chi connectivity index (χ4n) is 3.08. The van der Waals surface area contributed by atoms with E-state index in [9.17, 15) is 0 Å². The van der Waals surface area contributed by atoms with E-state index in [2.05, 4.69) is 53.1 Å². The molecular formula is C21H21BrClNO. The van der Waals surface area contributed by atoms with Crippen molar-refractivity contribution in [3.8, 4) is 5.75 Å². The molecule has 0 aliphatic carbocycles. The first-order valence-corrected chi connectivity index (χ1v) is 9.45. The molecule has 0 saturated heterocycles. The van der Waals surface area contributed by atoms with E-state index in [1.165, 1.54) is 5.56 Å². The summed E-state index contributed by atoms with van der Waals surface area (Å²) in [5, 5.41) is 2.83. The zero-order valence-electron chi connectivity index (χ0n) is 14.4. The molecular weight excluding hydrogens is 398 g/mol. The highest BCUT2D eigenvalue weighted by atomic mass is 79.9. The second-order valence-corrected chi connectivity index (χ2v) is 7.59. The van der Waals surface area contributed by atoms with Crippen molar-refractivity contribution in [2.75, 3.05) is 20.7 Å². The monoisotopic (exact) mass is 417 g/mol. The van der Waals surface area contributed by atoms with Gasteiger partial charge in [-0.2, -0.15) is 0 Å². The van der Waals surface area contributed by atoms with Crippen molar-refractivity contribution in [3.05, 3.63) is 75.7 Å². The minimum Gasteiger partial charge on any atom is -0.493 e. The molecule has 0 spiro atoms. The van der Waals surface area contributed by atoms with Crippen molar-refractivity contribution in [2.45, 2.75) is 12.5 Å². The second-order valence-electron chi connectivity index (χ2n) is 6.26. The van der Waals surface area contributed by atoms with Crippen molar-refractivity contribution < 1.29 is 4.74 Å². The van der Waals surface area contributed by atoms with Gasteiger partial charge in [-0.25, -0.2) is 0 Å². The fourth-order valence-corrected chi connectivity index (χ4v) is 3.72. The van der Waals surface area contributed by atoms with E-state index in [-0.39, 0.29) is 0 Å². The van der Waals surface area contributed by atoms with Crippen LogP contribution in [0.25, 0.3) is 10.8 Å². The lowest BCUT2D eigenvalue weighted by Crippen LogP contribution is -2.22. The van der Waals surface area contributed by atoms with E-state index in [0.717, 1.165) is 32.4 Å². The molecule has 1 unspecified atom stereocenters. The third-order valence-electron chi connectivity index (χ3n) is 4.34. The van der Waals surface area contributed by atoms with Crippen molar-refractivity contribution >= 4 is 38.3 Å².